The first-order valence-electron chi connectivity index (χ1n) is 6.61. The van der Waals surface area contributed by atoms with Crippen molar-refractivity contribution < 1.29 is 4.74 Å². The molecule has 0 amide bonds. The fourth-order valence-corrected chi connectivity index (χ4v) is 2.76. The first-order chi connectivity index (χ1) is 7.90. The molecule has 2 aliphatic rings. The predicted octanol–water partition coefficient (Wildman–Crippen LogP) is 3.14. The van der Waals surface area contributed by atoms with Gasteiger partial charge in [-0.2, -0.15) is 0 Å². The monoisotopic (exact) mass is 221 g/mol. The van der Waals surface area contributed by atoms with E-state index in [9.17, 15) is 0 Å². The molecule has 0 saturated heterocycles. The second kappa shape index (κ2) is 6.09. The quantitative estimate of drug-likeness (QED) is 0.743. The van der Waals surface area contributed by atoms with Gasteiger partial charge in [-0.25, -0.2) is 0 Å². The van der Waals surface area contributed by atoms with E-state index in [1.807, 2.05) is 6.26 Å². The minimum absolute atomic E-state index is 0.269. The summed E-state index contributed by atoms with van der Waals surface area (Å²) < 4.78 is 5.59. The first kappa shape index (κ1) is 11.7. The zero-order chi connectivity index (χ0) is 11.2. The summed E-state index contributed by atoms with van der Waals surface area (Å²) in [5.74, 6) is 0.730. The molecule has 1 unspecified atom stereocenters. The summed E-state index contributed by atoms with van der Waals surface area (Å²) in [5, 5.41) is 0. The second-order valence-corrected chi connectivity index (χ2v) is 4.90. The molecule has 2 heteroatoms. The highest BCUT2D eigenvalue weighted by molar-refractivity contribution is 5.12. The molecule has 2 N–H and O–H groups in total. The molecule has 0 radical (unpaired) electrons. The van der Waals surface area contributed by atoms with E-state index in [1.165, 1.54) is 37.7 Å². The van der Waals surface area contributed by atoms with Gasteiger partial charge in [-0.15, -0.1) is 0 Å². The molecule has 90 valence electrons. The van der Waals surface area contributed by atoms with Crippen LogP contribution in [0.3, 0.4) is 0 Å². The lowest BCUT2D eigenvalue weighted by molar-refractivity contribution is 0.163. The van der Waals surface area contributed by atoms with Gasteiger partial charge in [0.1, 0.15) is 6.10 Å². The van der Waals surface area contributed by atoms with Crippen LogP contribution < -0.4 is 5.73 Å². The van der Waals surface area contributed by atoms with E-state index in [1.54, 1.807) is 0 Å². The Kier molecular flexibility index (Phi) is 4.46. The van der Waals surface area contributed by atoms with Crippen molar-refractivity contribution in [3.63, 3.8) is 0 Å². The van der Waals surface area contributed by atoms with Crippen LogP contribution >= 0.6 is 0 Å². The minimum atomic E-state index is 0.269. The van der Waals surface area contributed by atoms with E-state index in [4.69, 9.17) is 10.5 Å². The molecule has 2 rings (SSSR count). The summed E-state index contributed by atoms with van der Waals surface area (Å²) in [4.78, 5) is 0. The summed E-state index contributed by atoms with van der Waals surface area (Å²) in [6, 6.07) is 0. The van der Waals surface area contributed by atoms with Crippen molar-refractivity contribution in [2.75, 3.05) is 6.54 Å². The number of allylic oxidation sites excluding steroid dienone is 1. The van der Waals surface area contributed by atoms with Crippen LogP contribution in [0.5, 0.6) is 0 Å². The Balaban J connectivity index is 1.96. The maximum absolute atomic E-state index is 5.88. The Hall–Kier alpha value is -0.760. The average molecular weight is 221 g/mol. The topological polar surface area (TPSA) is 35.2 Å². The van der Waals surface area contributed by atoms with Crippen LogP contribution in [0.25, 0.3) is 0 Å². The van der Waals surface area contributed by atoms with Crippen LogP contribution in [0.4, 0.5) is 0 Å². The zero-order valence-corrected chi connectivity index (χ0v) is 10.0. The van der Waals surface area contributed by atoms with Gasteiger partial charge in [0, 0.05) is 6.54 Å². The summed E-state index contributed by atoms with van der Waals surface area (Å²) >= 11 is 0. The second-order valence-electron chi connectivity index (χ2n) is 4.90. The molecule has 1 fully saturated rings. The van der Waals surface area contributed by atoms with E-state index in [2.05, 4.69) is 12.2 Å². The van der Waals surface area contributed by atoms with Crippen LogP contribution in [0.2, 0.25) is 0 Å². The van der Waals surface area contributed by atoms with Crippen LogP contribution in [0.1, 0.15) is 44.9 Å². The van der Waals surface area contributed by atoms with Gasteiger partial charge in [0.2, 0.25) is 0 Å². The molecule has 0 spiro atoms. The van der Waals surface area contributed by atoms with Gasteiger partial charge in [-0.1, -0.05) is 24.8 Å². The Bertz CT molecular complexity index is 264. The molecule has 1 aliphatic carbocycles. The number of ether oxygens (including phenoxy) is 1. The third-order valence-corrected chi connectivity index (χ3v) is 3.73. The molecule has 0 aromatic carbocycles. The maximum Gasteiger partial charge on any atom is 0.117 e. The van der Waals surface area contributed by atoms with Gasteiger partial charge in [-0.3, -0.25) is 0 Å². The lowest BCUT2D eigenvalue weighted by Crippen LogP contribution is -2.19. The van der Waals surface area contributed by atoms with Crippen LogP contribution in [0, 0.1) is 5.92 Å². The Morgan fingerprint density at radius 3 is 2.69 bits per heavy atom. The Labute approximate surface area is 98.5 Å². The van der Waals surface area contributed by atoms with Crippen molar-refractivity contribution in [2.24, 2.45) is 11.7 Å². The molecule has 1 saturated carbocycles. The van der Waals surface area contributed by atoms with Crippen molar-refractivity contribution >= 4 is 0 Å². The third kappa shape index (κ3) is 3.11. The van der Waals surface area contributed by atoms with Crippen molar-refractivity contribution in [1.82, 2.24) is 0 Å². The molecule has 0 aromatic heterocycles. The largest absolute Gasteiger partial charge is 0.494 e. The number of nitrogens with two attached hydrogens (primary N) is 1. The highest BCUT2D eigenvalue weighted by Crippen LogP contribution is 2.30. The van der Waals surface area contributed by atoms with E-state index < -0.39 is 0 Å². The van der Waals surface area contributed by atoms with E-state index in [0.29, 0.717) is 6.54 Å². The lowest BCUT2D eigenvalue weighted by Gasteiger charge is -2.26. The van der Waals surface area contributed by atoms with Gasteiger partial charge >= 0.3 is 0 Å². The standard InChI is InChI=1S/C14H23NO/c15-11-13(12-6-2-1-3-7-12)10-14-8-4-5-9-16-14/h5,9-10,12,14H,1-4,6-8,11,15H2. The molecular weight excluding hydrogens is 198 g/mol. The summed E-state index contributed by atoms with van der Waals surface area (Å²) in [5.41, 5.74) is 7.31. The normalized spacial score (nSPS) is 27.8. The van der Waals surface area contributed by atoms with Crippen LogP contribution in [0.15, 0.2) is 24.0 Å². The third-order valence-electron chi connectivity index (χ3n) is 3.73. The SMILES string of the molecule is NCC(=CC1CCC=CO1)C1CCCCC1. The predicted molar refractivity (Wildman–Crippen MR) is 67.0 cm³/mol. The summed E-state index contributed by atoms with van der Waals surface area (Å²) in [6.07, 6.45) is 15.5. The molecular formula is C14H23NO. The number of rotatable bonds is 3. The number of hydrogen-bond acceptors (Lipinski definition) is 2. The molecule has 1 aliphatic heterocycles. The Morgan fingerprint density at radius 1 is 1.25 bits per heavy atom. The molecule has 1 heterocycles. The minimum Gasteiger partial charge on any atom is -0.494 e. The lowest BCUT2D eigenvalue weighted by atomic mass is 9.83. The highest BCUT2D eigenvalue weighted by atomic mass is 16.5. The van der Waals surface area contributed by atoms with Gasteiger partial charge in [0.25, 0.3) is 0 Å². The van der Waals surface area contributed by atoms with E-state index in [-0.39, 0.29) is 6.10 Å². The van der Waals surface area contributed by atoms with Crippen molar-refractivity contribution in [2.45, 2.75) is 51.0 Å². The Morgan fingerprint density at radius 2 is 2.06 bits per heavy atom. The summed E-state index contributed by atoms with van der Waals surface area (Å²) in [7, 11) is 0. The molecule has 0 bridgehead atoms. The first-order valence-corrected chi connectivity index (χ1v) is 6.61. The summed E-state index contributed by atoms with van der Waals surface area (Å²) in [6.45, 7) is 0.703. The zero-order valence-electron chi connectivity index (χ0n) is 10.0. The maximum atomic E-state index is 5.88. The molecule has 0 aromatic rings. The van der Waals surface area contributed by atoms with Crippen molar-refractivity contribution in [3.05, 3.63) is 24.0 Å². The fourth-order valence-electron chi connectivity index (χ4n) is 2.76. The van der Waals surface area contributed by atoms with Crippen LogP contribution in [-0.4, -0.2) is 12.6 Å². The van der Waals surface area contributed by atoms with Gasteiger partial charge in [-0.05, 0) is 43.8 Å². The van der Waals surface area contributed by atoms with Crippen molar-refractivity contribution in [1.29, 1.82) is 0 Å². The van der Waals surface area contributed by atoms with Crippen molar-refractivity contribution in [3.8, 4) is 0 Å². The van der Waals surface area contributed by atoms with E-state index >= 15 is 0 Å². The fraction of sp³-hybridized carbons (Fsp3) is 0.714. The highest BCUT2D eigenvalue weighted by Gasteiger charge is 2.18. The molecule has 16 heavy (non-hydrogen) atoms. The van der Waals surface area contributed by atoms with Crippen LogP contribution in [-0.2, 0) is 4.74 Å². The smallest absolute Gasteiger partial charge is 0.117 e. The number of hydrogen-bond donors (Lipinski definition) is 1. The van der Waals surface area contributed by atoms with Gasteiger partial charge in [0.05, 0.1) is 6.26 Å². The molecule has 1 atom stereocenters. The van der Waals surface area contributed by atoms with Gasteiger partial charge in [0.15, 0.2) is 0 Å². The molecule has 2 nitrogen and oxygen atoms in total. The van der Waals surface area contributed by atoms with E-state index in [0.717, 1.165) is 18.8 Å². The van der Waals surface area contributed by atoms with Gasteiger partial charge < -0.3 is 10.5 Å². The average Bonchev–Trinajstić information content (AvgIpc) is 2.38.